The first-order valence-electron chi connectivity index (χ1n) is 6.32. The largest absolute Gasteiger partial charge is 0.497 e. The lowest BCUT2D eigenvalue weighted by molar-refractivity contribution is 0.0694. The fraction of sp³-hybridized carbons (Fsp3) is 0.188. The zero-order chi connectivity index (χ0) is 14.5. The van der Waals surface area contributed by atoms with Crippen LogP contribution in [0.2, 0.25) is 0 Å². The Morgan fingerprint density at radius 1 is 1.15 bits per heavy atom. The fourth-order valence-corrected chi connectivity index (χ4v) is 1.90. The summed E-state index contributed by atoms with van der Waals surface area (Å²) in [6.07, 6.45) is 0.808. The van der Waals surface area contributed by atoms with Crippen LogP contribution in [0.15, 0.2) is 42.5 Å². The molecule has 0 aliphatic carbocycles. The monoisotopic (exact) mass is 272 g/mol. The summed E-state index contributed by atoms with van der Waals surface area (Å²) in [5.41, 5.74) is 1.13. The summed E-state index contributed by atoms with van der Waals surface area (Å²) < 4.78 is 10.9. The first kappa shape index (κ1) is 13.9. The van der Waals surface area contributed by atoms with Gasteiger partial charge < -0.3 is 14.6 Å². The third kappa shape index (κ3) is 2.91. The van der Waals surface area contributed by atoms with Crippen molar-refractivity contribution in [3.8, 4) is 17.2 Å². The quantitative estimate of drug-likeness (QED) is 0.900. The molecule has 0 radical (unpaired) electrons. The van der Waals surface area contributed by atoms with E-state index in [1.165, 1.54) is 13.2 Å². The SMILES string of the molecule is CCc1ccccc1Oc1cc(OC)ccc1C(=O)O. The van der Waals surface area contributed by atoms with Gasteiger partial charge >= 0.3 is 5.97 Å². The van der Waals surface area contributed by atoms with Crippen molar-refractivity contribution in [2.24, 2.45) is 0 Å². The molecule has 0 aromatic heterocycles. The number of carboxylic acid groups (broad SMARTS) is 1. The Labute approximate surface area is 117 Å². The lowest BCUT2D eigenvalue weighted by Crippen LogP contribution is -2.01. The number of hydrogen-bond acceptors (Lipinski definition) is 3. The average molecular weight is 272 g/mol. The van der Waals surface area contributed by atoms with Crippen molar-refractivity contribution in [1.82, 2.24) is 0 Å². The van der Waals surface area contributed by atoms with Crippen LogP contribution in [0.5, 0.6) is 17.2 Å². The normalized spacial score (nSPS) is 10.1. The summed E-state index contributed by atoms with van der Waals surface area (Å²) >= 11 is 0. The lowest BCUT2D eigenvalue weighted by atomic mass is 10.1. The third-order valence-corrected chi connectivity index (χ3v) is 2.99. The summed E-state index contributed by atoms with van der Waals surface area (Å²) in [6.45, 7) is 2.02. The standard InChI is InChI=1S/C16H16O4/c1-3-11-6-4-5-7-14(11)20-15-10-12(19-2)8-9-13(15)16(17)18/h4-10H,3H2,1-2H3,(H,17,18). The second kappa shape index (κ2) is 6.10. The van der Waals surface area contributed by atoms with E-state index in [0.717, 1.165) is 12.0 Å². The first-order valence-corrected chi connectivity index (χ1v) is 6.32. The predicted molar refractivity (Wildman–Crippen MR) is 75.8 cm³/mol. The van der Waals surface area contributed by atoms with Crippen molar-refractivity contribution in [3.05, 3.63) is 53.6 Å². The van der Waals surface area contributed by atoms with Crippen molar-refractivity contribution >= 4 is 5.97 Å². The van der Waals surface area contributed by atoms with Gasteiger partial charge in [0, 0.05) is 6.07 Å². The topological polar surface area (TPSA) is 55.8 Å². The van der Waals surface area contributed by atoms with Gasteiger partial charge in [0.15, 0.2) is 0 Å². The molecular formula is C16H16O4. The number of ether oxygens (including phenoxy) is 2. The Kier molecular flexibility index (Phi) is 4.25. The van der Waals surface area contributed by atoms with Gasteiger partial charge in [-0.1, -0.05) is 25.1 Å². The summed E-state index contributed by atoms with van der Waals surface area (Å²) in [6, 6.07) is 12.2. The minimum absolute atomic E-state index is 0.108. The molecule has 2 aromatic carbocycles. The van der Waals surface area contributed by atoms with E-state index in [4.69, 9.17) is 9.47 Å². The number of benzene rings is 2. The van der Waals surface area contributed by atoms with Crippen molar-refractivity contribution in [2.45, 2.75) is 13.3 Å². The maximum Gasteiger partial charge on any atom is 0.339 e. The van der Waals surface area contributed by atoms with Crippen LogP contribution in [0.25, 0.3) is 0 Å². The molecule has 1 N–H and O–H groups in total. The van der Waals surface area contributed by atoms with Gasteiger partial charge in [-0.15, -0.1) is 0 Å². The van der Waals surface area contributed by atoms with Crippen LogP contribution < -0.4 is 9.47 Å². The highest BCUT2D eigenvalue weighted by molar-refractivity contribution is 5.91. The van der Waals surface area contributed by atoms with Gasteiger partial charge in [0.05, 0.1) is 7.11 Å². The third-order valence-electron chi connectivity index (χ3n) is 2.99. The van der Waals surface area contributed by atoms with Crippen molar-refractivity contribution < 1.29 is 19.4 Å². The van der Waals surface area contributed by atoms with E-state index < -0.39 is 5.97 Å². The summed E-state index contributed by atoms with van der Waals surface area (Å²) in [5.74, 6) is 0.458. The molecule has 0 saturated carbocycles. The molecule has 0 unspecified atom stereocenters. The van der Waals surface area contributed by atoms with E-state index in [0.29, 0.717) is 11.5 Å². The van der Waals surface area contributed by atoms with Crippen LogP contribution in [-0.2, 0) is 6.42 Å². The van der Waals surface area contributed by atoms with Crippen LogP contribution in [-0.4, -0.2) is 18.2 Å². The highest BCUT2D eigenvalue weighted by Gasteiger charge is 2.14. The fourth-order valence-electron chi connectivity index (χ4n) is 1.90. The summed E-state index contributed by atoms with van der Waals surface area (Å²) in [5, 5.41) is 9.21. The van der Waals surface area contributed by atoms with Crippen molar-refractivity contribution in [2.75, 3.05) is 7.11 Å². The van der Waals surface area contributed by atoms with Gasteiger partial charge in [-0.05, 0) is 30.2 Å². The number of rotatable bonds is 5. The molecular weight excluding hydrogens is 256 g/mol. The Morgan fingerprint density at radius 3 is 2.55 bits per heavy atom. The molecule has 104 valence electrons. The Hall–Kier alpha value is -2.49. The van der Waals surface area contributed by atoms with E-state index in [2.05, 4.69) is 0 Å². The summed E-state index contributed by atoms with van der Waals surface area (Å²) in [7, 11) is 1.53. The maximum atomic E-state index is 11.2. The Morgan fingerprint density at radius 2 is 1.90 bits per heavy atom. The second-order valence-corrected chi connectivity index (χ2v) is 4.23. The van der Waals surface area contributed by atoms with Gasteiger partial charge in [0.25, 0.3) is 0 Å². The number of para-hydroxylation sites is 1. The minimum atomic E-state index is -1.03. The maximum absolute atomic E-state index is 11.2. The minimum Gasteiger partial charge on any atom is -0.497 e. The molecule has 0 amide bonds. The molecule has 0 heterocycles. The smallest absolute Gasteiger partial charge is 0.339 e. The molecule has 0 aliphatic rings. The van der Waals surface area contributed by atoms with Gasteiger partial charge in [0.2, 0.25) is 0 Å². The first-order chi connectivity index (χ1) is 9.65. The molecule has 0 spiro atoms. The molecule has 0 saturated heterocycles. The highest BCUT2D eigenvalue weighted by atomic mass is 16.5. The lowest BCUT2D eigenvalue weighted by Gasteiger charge is -2.13. The molecule has 2 aromatic rings. The van der Waals surface area contributed by atoms with E-state index in [1.807, 2.05) is 31.2 Å². The van der Waals surface area contributed by atoms with E-state index in [9.17, 15) is 9.90 Å². The highest BCUT2D eigenvalue weighted by Crippen LogP contribution is 2.31. The van der Waals surface area contributed by atoms with Gasteiger partial charge in [-0.3, -0.25) is 0 Å². The number of carboxylic acids is 1. The Bertz CT molecular complexity index is 620. The molecule has 20 heavy (non-hydrogen) atoms. The van der Waals surface area contributed by atoms with Crippen molar-refractivity contribution in [3.63, 3.8) is 0 Å². The summed E-state index contributed by atoms with van der Waals surface area (Å²) in [4.78, 5) is 11.2. The molecule has 0 atom stereocenters. The molecule has 0 aliphatic heterocycles. The Balaban J connectivity index is 2.43. The van der Waals surface area contributed by atoms with Gasteiger partial charge in [-0.2, -0.15) is 0 Å². The predicted octanol–water partition coefficient (Wildman–Crippen LogP) is 3.75. The number of aryl methyl sites for hydroxylation is 1. The van der Waals surface area contributed by atoms with E-state index in [-0.39, 0.29) is 11.3 Å². The zero-order valence-corrected chi connectivity index (χ0v) is 11.4. The number of aromatic carboxylic acids is 1. The number of hydrogen-bond donors (Lipinski definition) is 1. The molecule has 2 rings (SSSR count). The van der Waals surface area contributed by atoms with Crippen LogP contribution in [0.4, 0.5) is 0 Å². The van der Waals surface area contributed by atoms with Crippen LogP contribution in [0, 0.1) is 0 Å². The second-order valence-electron chi connectivity index (χ2n) is 4.23. The van der Waals surface area contributed by atoms with E-state index >= 15 is 0 Å². The van der Waals surface area contributed by atoms with Crippen molar-refractivity contribution in [1.29, 1.82) is 0 Å². The average Bonchev–Trinajstić information content (AvgIpc) is 2.47. The zero-order valence-electron chi connectivity index (χ0n) is 11.4. The van der Waals surface area contributed by atoms with Gasteiger partial charge in [-0.25, -0.2) is 4.79 Å². The van der Waals surface area contributed by atoms with Crippen LogP contribution >= 0.6 is 0 Å². The molecule has 4 nitrogen and oxygen atoms in total. The van der Waals surface area contributed by atoms with Crippen LogP contribution in [0.3, 0.4) is 0 Å². The number of methoxy groups -OCH3 is 1. The van der Waals surface area contributed by atoms with E-state index in [1.54, 1.807) is 12.1 Å². The van der Waals surface area contributed by atoms with Gasteiger partial charge in [0.1, 0.15) is 22.8 Å². The van der Waals surface area contributed by atoms with Crippen LogP contribution in [0.1, 0.15) is 22.8 Å². The molecule has 0 bridgehead atoms. The molecule has 0 fully saturated rings. The molecule has 4 heteroatoms. The number of carbonyl (C=O) groups is 1.